The Kier molecular flexibility index (Phi) is 1.25. The number of rotatable bonds is 1. The molecule has 0 radical (unpaired) electrons. The minimum Gasteiger partial charge on any atom is -0.384 e. The van der Waals surface area contributed by atoms with Crippen LogP contribution in [0, 0.1) is 5.95 Å². The SMILES string of the molecule is [2H]c1c(N)nc(F)c(-c2cnc[nH]2)c1[2H]. The van der Waals surface area contributed by atoms with Crippen LogP contribution in [-0.2, 0) is 0 Å². The average molecular weight is 180 g/mol. The van der Waals surface area contributed by atoms with Crippen molar-refractivity contribution in [1.29, 1.82) is 0 Å². The highest BCUT2D eigenvalue weighted by Gasteiger charge is 2.06. The molecule has 66 valence electrons. The predicted octanol–water partition coefficient (Wildman–Crippen LogP) is 1.19. The number of nitrogens with zero attached hydrogens (tertiary/aromatic N) is 2. The van der Waals surface area contributed by atoms with Gasteiger partial charge < -0.3 is 10.7 Å². The Balaban J connectivity index is 2.72. The van der Waals surface area contributed by atoms with Crippen molar-refractivity contribution in [3.8, 4) is 11.3 Å². The average Bonchev–Trinajstić information content (AvgIpc) is 2.68. The molecule has 2 rings (SSSR count). The normalized spacial score (nSPS) is 12.4. The maximum Gasteiger partial charge on any atom is 0.224 e. The second-order valence-electron chi connectivity index (χ2n) is 2.38. The Bertz CT molecular complexity index is 498. The molecule has 0 aliphatic rings. The van der Waals surface area contributed by atoms with E-state index in [2.05, 4.69) is 15.0 Å². The van der Waals surface area contributed by atoms with Crippen molar-refractivity contribution in [2.24, 2.45) is 0 Å². The van der Waals surface area contributed by atoms with E-state index in [0.717, 1.165) is 0 Å². The van der Waals surface area contributed by atoms with E-state index in [1.54, 1.807) is 0 Å². The van der Waals surface area contributed by atoms with Crippen LogP contribution in [0.1, 0.15) is 2.74 Å². The lowest BCUT2D eigenvalue weighted by atomic mass is 10.2. The summed E-state index contributed by atoms with van der Waals surface area (Å²) < 4.78 is 28.4. The van der Waals surface area contributed by atoms with Gasteiger partial charge in [0.05, 0.1) is 26.5 Å². The highest BCUT2D eigenvalue weighted by Crippen LogP contribution is 2.19. The number of pyridine rings is 1. The number of nitrogens with two attached hydrogens (primary N) is 1. The van der Waals surface area contributed by atoms with Crippen LogP contribution >= 0.6 is 0 Å². The summed E-state index contributed by atoms with van der Waals surface area (Å²) in [4.78, 5) is 9.70. The van der Waals surface area contributed by atoms with Crippen LogP contribution in [0.4, 0.5) is 10.2 Å². The number of halogens is 1. The number of aromatic nitrogens is 3. The van der Waals surface area contributed by atoms with E-state index in [9.17, 15) is 4.39 Å². The molecule has 0 saturated heterocycles. The minimum absolute atomic E-state index is 0.0910. The molecule has 0 aromatic carbocycles. The van der Waals surface area contributed by atoms with Gasteiger partial charge in [0.15, 0.2) is 0 Å². The second-order valence-corrected chi connectivity index (χ2v) is 2.38. The standard InChI is InChI=1S/C8H7FN4/c9-8-5(1-2-7(10)13-8)6-3-11-4-12-6/h1-4H,(H2,10,13)(H,11,12)/i1D,2D. The molecule has 2 aromatic heterocycles. The summed E-state index contributed by atoms with van der Waals surface area (Å²) >= 11 is 0. The maximum absolute atomic E-state index is 13.4. The Morgan fingerprint density at radius 2 is 2.38 bits per heavy atom. The van der Waals surface area contributed by atoms with Gasteiger partial charge in [-0.05, 0) is 12.1 Å². The third-order valence-corrected chi connectivity index (χ3v) is 1.51. The molecule has 0 aliphatic carbocycles. The number of hydrogen-bond acceptors (Lipinski definition) is 3. The van der Waals surface area contributed by atoms with Gasteiger partial charge in [0.25, 0.3) is 0 Å². The third-order valence-electron chi connectivity index (χ3n) is 1.51. The number of imidazole rings is 1. The number of nitrogens with one attached hydrogen (secondary N) is 1. The summed E-state index contributed by atoms with van der Waals surface area (Å²) in [5, 5.41) is 0. The largest absolute Gasteiger partial charge is 0.384 e. The summed E-state index contributed by atoms with van der Waals surface area (Å²) in [7, 11) is 0. The maximum atomic E-state index is 13.4. The van der Waals surface area contributed by atoms with E-state index >= 15 is 0 Å². The molecule has 0 atom stereocenters. The van der Waals surface area contributed by atoms with Gasteiger partial charge in [-0.2, -0.15) is 4.39 Å². The number of H-pyrrole nitrogens is 1. The first-order valence-electron chi connectivity index (χ1n) is 4.52. The lowest BCUT2D eigenvalue weighted by Crippen LogP contribution is -1.94. The quantitative estimate of drug-likeness (QED) is 0.648. The van der Waals surface area contributed by atoms with Gasteiger partial charge in [0.1, 0.15) is 5.82 Å². The van der Waals surface area contributed by atoms with Gasteiger partial charge in [-0.15, -0.1) is 0 Å². The summed E-state index contributed by atoms with van der Waals surface area (Å²) in [6, 6.07) is -0.592. The van der Waals surface area contributed by atoms with Crippen LogP contribution < -0.4 is 5.73 Å². The summed E-state index contributed by atoms with van der Waals surface area (Å²) in [5.41, 5.74) is 5.47. The molecule has 0 fully saturated rings. The fraction of sp³-hybridized carbons (Fsp3) is 0. The molecule has 3 N–H and O–H groups in total. The van der Waals surface area contributed by atoms with E-state index in [1.807, 2.05) is 0 Å². The van der Waals surface area contributed by atoms with Gasteiger partial charge in [0, 0.05) is 0 Å². The predicted molar refractivity (Wildman–Crippen MR) is 46.2 cm³/mol. The van der Waals surface area contributed by atoms with E-state index in [1.165, 1.54) is 12.5 Å². The monoisotopic (exact) mass is 180 g/mol. The molecule has 5 heteroatoms. The molecule has 0 saturated carbocycles. The molecule has 0 bridgehead atoms. The highest BCUT2D eigenvalue weighted by atomic mass is 19.1. The van der Waals surface area contributed by atoms with Crippen LogP contribution in [-0.4, -0.2) is 15.0 Å². The highest BCUT2D eigenvalue weighted by molar-refractivity contribution is 5.58. The first-order valence-corrected chi connectivity index (χ1v) is 3.52. The zero-order valence-electron chi connectivity index (χ0n) is 8.50. The second kappa shape index (κ2) is 2.85. The van der Waals surface area contributed by atoms with Crippen molar-refractivity contribution in [3.05, 3.63) is 30.6 Å². The van der Waals surface area contributed by atoms with Crippen LogP contribution in [0.2, 0.25) is 0 Å². The number of nitrogen functional groups attached to an aromatic ring is 1. The van der Waals surface area contributed by atoms with Crippen molar-refractivity contribution >= 4 is 5.82 Å². The molecule has 2 aromatic rings. The van der Waals surface area contributed by atoms with Crippen molar-refractivity contribution < 1.29 is 7.13 Å². The number of anilines is 1. The lowest BCUT2D eigenvalue weighted by Gasteiger charge is -1.99. The first kappa shape index (κ1) is 5.69. The molecular weight excluding hydrogens is 171 g/mol. The molecule has 0 unspecified atom stereocenters. The number of hydrogen-bond donors (Lipinski definition) is 2. The summed E-state index contributed by atoms with van der Waals surface area (Å²) in [6.45, 7) is 0. The Hall–Kier alpha value is -1.91. The Morgan fingerprint density at radius 3 is 3.08 bits per heavy atom. The molecule has 0 amide bonds. The van der Waals surface area contributed by atoms with Crippen molar-refractivity contribution in [2.45, 2.75) is 0 Å². The van der Waals surface area contributed by atoms with Gasteiger partial charge >= 0.3 is 0 Å². The summed E-state index contributed by atoms with van der Waals surface area (Å²) in [5.74, 6) is -1.17. The Labute approximate surface area is 76.5 Å². The third kappa shape index (κ3) is 1.35. The molecule has 4 nitrogen and oxygen atoms in total. The van der Waals surface area contributed by atoms with Crippen molar-refractivity contribution in [1.82, 2.24) is 15.0 Å². The molecular formula is C8H7FN4. The zero-order chi connectivity index (χ0) is 11.0. The van der Waals surface area contributed by atoms with Crippen LogP contribution in [0.5, 0.6) is 0 Å². The van der Waals surface area contributed by atoms with E-state index < -0.39 is 5.95 Å². The Morgan fingerprint density at radius 1 is 1.54 bits per heavy atom. The van der Waals surface area contributed by atoms with E-state index in [0.29, 0.717) is 5.69 Å². The smallest absolute Gasteiger partial charge is 0.224 e. The van der Waals surface area contributed by atoms with E-state index in [-0.39, 0.29) is 23.5 Å². The fourth-order valence-electron chi connectivity index (χ4n) is 0.939. The van der Waals surface area contributed by atoms with Gasteiger partial charge in [-0.25, -0.2) is 9.97 Å². The minimum atomic E-state index is -0.877. The van der Waals surface area contributed by atoms with Crippen molar-refractivity contribution in [2.75, 3.05) is 5.73 Å². The first-order chi connectivity index (χ1) is 7.11. The zero-order valence-corrected chi connectivity index (χ0v) is 6.50. The molecule has 0 aliphatic heterocycles. The number of aromatic amines is 1. The lowest BCUT2D eigenvalue weighted by molar-refractivity contribution is 0.589. The van der Waals surface area contributed by atoms with Gasteiger partial charge in [-0.1, -0.05) is 0 Å². The van der Waals surface area contributed by atoms with Gasteiger partial charge in [0.2, 0.25) is 5.95 Å². The van der Waals surface area contributed by atoms with E-state index in [4.69, 9.17) is 8.48 Å². The molecule has 0 spiro atoms. The molecule has 13 heavy (non-hydrogen) atoms. The van der Waals surface area contributed by atoms with Crippen molar-refractivity contribution in [3.63, 3.8) is 0 Å². The topological polar surface area (TPSA) is 67.6 Å². The van der Waals surface area contributed by atoms with Crippen LogP contribution in [0.25, 0.3) is 11.3 Å². The summed E-state index contributed by atoms with van der Waals surface area (Å²) in [6.07, 6.45) is 2.71. The van der Waals surface area contributed by atoms with Crippen LogP contribution in [0.15, 0.2) is 24.6 Å². The fourth-order valence-corrected chi connectivity index (χ4v) is 0.939. The van der Waals surface area contributed by atoms with Gasteiger partial charge in [-0.3, -0.25) is 0 Å². The van der Waals surface area contributed by atoms with Crippen LogP contribution in [0.3, 0.4) is 0 Å². The molecule has 2 heterocycles.